The van der Waals surface area contributed by atoms with Crippen LogP contribution in [0.25, 0.3) is 0 Å². The summed E-state index contributed by atoms with van der Waals surface area (Å²) in [7, 11) is 0. The summed E-state index contributed by atoms with van der Waals surface area (Å²) in [6, 6.07) is 0. The maximum absolute atomic E-state index is 11.7. The van der Waals surface area contributed by atoms with E-state index in [0.717, 1.165) is 19.4 Å². The molecular weight excluding hydrogens is 166 g/mol. The van der Waals surface area contributed by atoms with Crippen LogP contribution >= 0.6 is 0 Å². The highest BCUT2D eigenvalue weighted by atomic mass is 16.5. The lowest BCUT2D eigenvalue weighted by Crippen LogP contribution is -2.46. The summed E-state index contributed by atoms with van der Waals surface area (Å²) in [6.45, 7) is 7.03. The summed E-state index contributed by atoms with van der Waals surface area (Å²) >= 11 is 0. The van der Waals surface area contributed by atoms with Gasteiger partial charge in [0.05, 0.1) is 11.6 Å². The van der Waals surface area contributed by atoms with Gasteiger partial charge in [-0.2, -0.15) is 0 Å². The summed E-state index contributed by atoms with van der Waals surface area (Å²) < 4.78 is 5.29. The zero-order chi connectivity index (χ0) is 9.90. The molecule has 0 radical (unpaired) electrons. The second kappa shape index (κ2) is 4.20. The van der Waals surface area contributed by atoms with Gasteiger partial charge in [0.1, 0.15) is 6.61 Å². The minimum absolute atomic E-state index is 0.133. The topological polar surface area (TPSA) is 38.3 Å². The number of ether oxygens (including phenoxy) is 1. The van der Waals surface area contributed by atoms with Gasteiger partial charge in [-0.15, -0.1) is 0 Å². The first-order valence-corrected chi connectivity index (χ1v) is 4.94. The van der Waals surface area contributed by atoms with Crippen molar-refractivity contribution >= 4 is 5.78 Å². The number of carbonyl (C=O) groups is 1. The van der Waals surface area contributed by atoms with Crippen LogP contribution in [0.1, 0.15) is 33.6 Å². The van der Waals surface area contributed by atoms with Crippen molar-refractivity contribution in [1.29, 1.82) is 0 Å². The zero-order valence-corrected chi connectivity index (χ0v) is 8.72. The third-order valence-electron chi connectivity index (χ3n) is 2.53. The first kappa shape index (κ1) is 10.7. The molecule has 0 aliphatic carbocycles. The monoisotopic (exact) mass is 185 g/mol. The fourth-order valence-corrected chi connectivity index (χ4v) is 1.53. The standard InChI is InChI=1S/C10H19NO2/c1-8(2)13-7-9(12)10(3)5-4-6-11-10/h8,11H,4-7H2,1-3H3. The van der Waals surface area contributed by atoms with Crippen molar-refractivity contribution in [1.82, 2.24) is 5.32 Å². The molecule has 0 spiro atoms. The molecule has 1 unspecified atom stereocenters. The molecule has 1 N–H and O–H groups in total. The largest absolute Gasteiger partial charge is 0.371 e. The van der Waals surface area contributed by atoms with Gasteiger partial charge in [0.15, 0.2) is 5.78 Å². The number of Topliss-reactive ketones (excluding diaryl/α,β-unsaturated/α-hetero) is 1. The molecule has 0 saturated carbocycles. The SMILES string of the molecule is CC(C)OCC(=O)C1(C)CCCN1. The van der Waals surface area contributed by atoms with Crippen molar-refractivity contribution in [3.8, 4) is 0 Å². The molecule has 3 heteroatoms. The molecule has 1 aliphatic heterocycles. The van der Waals surface area contributed by atoms with Crippen LogP contribution in [0.3, 0.4) is 0 Å². The minimum atomic E-state index is -0.325. The highest BCUT2D eigenvalue weighted by Gasteiger charge is 2.35. The molecule has 1 atom stereocenters. The van der Waals surface area contributed by atoms with E-state index in [-0.39, 0.29) is 24.0 Å². The lowest BCUT2D eigenvalue weighted by molar-refractivity contribution is -0.130. The molecule has 1 aliphatic rings. The Morgan fingerprint density at radius 3 is 2.77 bits per heavy atom. The van der Waals surface area contributed by atoms with Gasteiger partial charge < -0.3 is 10.1 Å². The maximum atomic E-state index is 11.7. The van der Waals surface area contributed by atoms with Crippen LogP contribution in [-0.2, 0) is 9.53 Å². The van der Waals surface area contributed by atoms with Gasteiger partial charge >= 0.3 is 0 Å². The molecule has 1 rings (SSSR count). The Labute approximate surface area is 79.8 Å². The predicted octanol–water partition coefficient (Wildman–Crippen LogP) is 1.12. The minimum Gasteiger partial charge on any atom is -0.371 e. The Kier molecular flexibility index (Phi) is 3.45. The lowest BCUT2D eigenvalue weighted by Gasteiger charge is -2.22. The summed E-state index contributed by atoms with van der Waals surface area (Å²) in [6.07, 6.45) is 2.16. The van der Waals surface area contributed by atoms with Crippen molar-refractivity contribution in [2.24, 2.45) is 0 Å². The van der Waals surface area contributed by atoms with E-state index in [1.807, 2.05) is 20.8 Å². The van der Waals surface area contributed by atoms with Gasteiger partial charge in [0.25, 0.3) is 0 Å². The van der Waals surface area contributed by atoms with Crippen LogP contribution in [0.5, 0.6) is 0 Å². The van der Waals surface area contributed by atoms with E-state index in [2.05, 4.69) is 5.32 Å². The maximum Gasteiger partial charge on any atom is 0.178 e. The van der Waals surface area contributed by atoms with E-state index in [1.165, 1.54) is 0 Å². The summed E-state index contributed by atoms with van der Waals surface area (Å²) in [5.74, 6) is 0.179. The van der Waals surface area contributed by atoms with E-state index in [4.69, 9.17) is 4.74 Å². The Bertz CT molecular complexity index is 183. The average Bonchev–Trinajstić information content (AvgIpc) is 2.49. The highest BCUT2D eigenvalue weighted by molar-refractivity contribution is 5.89. The van der Waals surface area contributed by atoms with Crippen LogP contribution in [0.15, 0.2) is 0 Å². The van der Waals surface area contributed by atoms with E-state index >= 15 is 0 Å². The fourth-order valence-electron chi connectivity index (χ4n) is 1.53. The quantitative estimate of drug-likeness (QED) is 0.713. The molecule has 13 heavy (non-hydrogen) atoms. The van der Waals surface area contributed by atoms with Gasteiger partial charge in [0, 0.05) is 0 Å². The molecule has 1 fully saturated rings. The fraction of sp³-hybridized carbons (Fsp3) is 0.900. The van der Waals surface area contributed by atoms with Crippen LogP contribution in [0, 0.1) is 0 Å². The van der Waals surface area contributed by atoms with Crippen molar-refractivity contribution in [2.45, 2.75) is 45.3 Å². The van der Waals surface area contributed by atoms with Gasteiger partial charge in [-0.3, -0.25) is 4.79 Å². The molecule has 0 aromatic rings. The Morgan fingerprint density at radius 2 is 2.31 bits per heavy atom. The highest BCUT2D eigenvalue weighted by Crippen LogP contribution is 2.19. The number of carbonyl (C=O) groups excluding carboxylic acids is 1. The molecule has 0 aromatic heterocycles. The smallest absolute Gasteiger partial charge is 0.178 e. The summed E-state index contributed by atoms with van der Waals surface area (Å²) in [5.41, 5.74) is -0.325. The normalized spacial score (nSPS) is 28.3. The lowest BCUT2D eigenvalue weighted by atomic mass is 9.95. The molecule has 3 nitrogen and oxygen atoms in total. The third kappa shape index (κ3) is 2.78. The molecule has 1 saturated heterocycles. The van der Waals surface area contributed by atoms with Crippen LogP contribution in [0.4, 0.5) is 0 Å². The predicted molar refractivity (Wildman–Crippen MR) is 51.7 cm³/mol. The van der Waals surface area contributed by atoms with E-state index < -0.39 is 0 Å². The first-order valence-electron chi connectivity index (χ1n) is 4.94. The molecule has 0 amide bonds. The number of rotatable bonds is 4. The van der Waals surface area contributed by atoms with Crippen molar-refractivity contribution in [3.63, 3.8) is 0 Å². The molecular formula is C10H19NO2. The number of hydrogen-bond acceptors (Lipinski definition) is 3. The second-order valence-corrected chi connectivity index (χ2v) is 4.15. The number of nitrogens with one attached hydrogen (secondary N) is 1. The van der Waals surface area contributed by atoms with E-state index in [9.17, 15) is 4.79 Å². The zero-order valence-electron chi connectivity index (χ0n) is 8.72. The average molecular weight is 185 g/mol. The van der Waals surface area contributed by atoms with E-state index in [1.54, 1.807) is 0 Å². The van der Waals surface area contributed by atoms with Crippen LogP contribution in [-0.4, -0.2) is 30.6 Å². The molecule has 0 bridgehead atoms. The van der Waals surface area contributed by atoms with Crippen molar-refractivity contribution in [2.75, 3.05) is 13.2 Å². The first-order chi connectivity index (χ1) is 6.04. The Hall–Kier alpha value is -0.410. The Morgan fingerprint density at radius 1 is 1.62 bits per heavy atom. The summed E-state index contributed by atoms with van der Waals surface area (Å²) in [5, 5.41) is 3.23. The second-order valence-electron chi connectivity index (χ2n) is 4.15. The van der Waals surface area contributed by atoms with Crippen LogP contribution < -0.4 is 5.32 Å². The van der Waals surface area contributed by atoms with Crippen molar-refractivity contribution < 1.29 is 9.53 Å². The molecule has 0 aromatic carbocycles. The number of hydrogen-bond donors (Lipinski definition) is 1. The van der Waals surface area contributed by atoms with Gasteiger partial charge in [-0.05, 0) is 40.2 Å². The van der Waals surface area contributed by atoms with Crippen molar-refractivity contribution in [3.05, 3.63) is 0 Å². The number of ketones is 1. The van der Waals surface area contributed by atoms with Gasteiger partial charge in [0.2, 0.25) is 0 Å². The van der Waals surface area contributed by atoms with Gasteiger partial charge in [-0.25, -0.2) is 0 Å². The third-order valence-corrected chi connectivity index (χ3v) is 2.53. The van der Waals surface area contributed by atoms with E-state index in [0.29, 0.717) is 0 Å². The van der Waals surface area contributed by atoms with Crippen LogP contribution in [0.2, 0.25) is 0 Å². The molecule has 76 valence electrons. The molecule has 1 heterocycles. The Balaban J connectivity index is 2.38. The van der Waals surface area contributed by atoms with Gasteiger partial charge in [-0.1, -0.05) is 0 Å². The summed E-state index contributed by atoms with van der Waals surface area (Å²) in [4.78, 5) is 11.7.